The molecule has 0 bridgehead atoms. The first kappa shape index (κ1) is 14.7. The van der Waals surface area contributed by atoms with Crippen molar-refractivity contribution in [1.82, 2.24) is 4.98 Å². The summed E-state index contributed by atoms with van der Waals surface area (Å²) in [6.07, 6.45) is 1.17. The van der Waals surface area contributed by atoms with Crippen molar-refractivity contribution in [2.24, 2.45) is 0 Å². The molecule has 1 aromatic heterocycles. The number of hydrogen-bond donors (Lipinski definition) is 3. The number of carboxylic acid groups (broad SMARTS) is 1. The predicted molar refractivity (Wildman–Crippen MR) is 71.2 cm³/mol. The van der Waals surface area contributed by atoms with Gasteiger partial charge in [-0.1, -0.05) is 6.07 Å². The van der Waals surface area contributed by atoms with Crippen LogP contribution < -0.4 is 5.32 Å². The van der Waals surface area contributed by atoms with Crippen LogP contribution in [0.5, 0.6) is 0 Å². The average molecular weight is 294 g/mol. The van der Waals surface area contributed by atoms with Crippen LogP contribution in [0.2, 0.25) is 0 Å². The van der Waals surface area contributed by atoms with Crippen molar-refractivity contribution in [3.8, 4) is 0 Å². The lowest BCUT2D eigenvalue weighted by Crippen LogP contribution is -2.16. The number of amides is 1. The number of anilines is 1. The number of carboxylic acids is 1. The number of aromatic amines is 1. The molecule has 5 nitrogen and oxygen atoms in total. The Bertz CT molecular complexity index is 710. The van der Waals surface area contributed by atoms with Gasteiger partial charge in [-0.05, 0) is 24.6 Å². The Hall–Kier alpha value is -2.70. The molecule has 0 unspecified atom stereocenters. The van der Waals surface area contributed by atoms with E-state index in [1.54, 1.807) is 6.92 Å². The molecule has 0 aliphatic carbocycles. The van der Waals surface area contributed by atoms with E-state index in [0.29, 0.717) is 5.69 Å². The van der Waals surface area contributed by atoms with Crippen molar-refractivity contribution >= 4 is 17.6 Å². The third-order valence-electron chi connectivity index (χ3n) is 2.91. The molecular formula is C14H12F2N2O3. The van der Waals surface area contributed by atoms with Gasteiger partial charge in [0.2, 0.25) is 5.91 Å². The maximum absolute atomic E-state index is 13.0. The number of carbonyl (C=O) groups excluding carboxylic acids is 1. The maximum atomic E-state index is 13.0. The molecular weight excluding hydrogens is 282 g/mol. The number of halogens is 2. The third kappa shape index (κ3) is 3.25. The van der Waals surface area contributed by atoms with E-state index in [4.69, 9.17) is 5.11 Å². The molecule has 21 heavy (non-hydrogen) atoms. The topological polar surface area (TPSA) is 82.2 Å². The second-order valence-electron chi connectivity index (χ2n) is 4.48. The van der Waals surface area contributed by atoms with Gasteiger partial charge in [0.05, 0.1) is 12.1 Å². The van der Waals surface area contributed by atoms with Crippen molar-refractivity contribution in [3.05, 3.63) is 52.9 Å². The molecule has 0 spiro atoms. The zero-order valence-corrected chi connectivity index (χ0v) is 11.0. The van der Waals surface area contributed by atoms with Crippen molar-refractivity contribution in [2.75, 3.05) is 5.32 Å². The van der Waals surface area contributed by atoms with Gasteiger partial charge in [0.1, 0.15) is 5.56 Å². The predicted octanol–water partition coefficient (Wildman–Crippen LogP) is 2.48. The molecule has 0 radical (unpaired) electrons. The smallest absolute Gasteiger partial charge is 0.339 e. The number of rotatable bonds is 4. The standard InChI is InChI=1S/C14H12F2N2O3/c1-7-13(14(20)21)11(6-17-7)18-12(19)5-8-2-3-9(15)10(16)4-8/h2-4,6,17H,5H2,1H3,(H,18,19)(H,20,21). The lowest BCUT2D eigenvalue weighted by atomic mass is 10.1. The fourth-order valence-corrected chi connectivity index (χ4v) is 1.93. The Morgan fingerprint density at radius 1 is 1.29 bits per heavy atom. The van der Waals surface area contributed by atoms with Gasteiger partial charge in [-0.3, -0.25) is 4.79 Å². The van der Waals surface area contributed by atoms with E-state index >= 15 is 0 Å². The summed E-state index contributed by atoms with van der Waals surface area (Å²) in [4.78, 5) is 25.6. The van der Waals surface area contributed by atoms with E-state index in [-0.39, 0.29) is 23.2 Å². The van der Waals surface area contributed by atoms with Crippen LogP contribution in [0.15, 0.2) is 24.4 Å². The summed E-state index contributed by atoms with van der Waals surface area (Å²) in [5, 5.41) is 11.5. The first-order valence-electron chi connectivity index (χ1n) is 6.03. The summed E-state index contributed by atoms with van der Waals surface area (Å²) in [6, 6.07) is 3.15. The Kier molecular flexibility index (Phi) is 4.02. The first-order chi connectivity index (χ1) is 9.88. The second kappa shape index (κ2) is 5.74. The fourth-order valence-electron chi connectivity index (χ4n) is 1.93. The number of nitrogens with one attached hydrogen (secondary N) is 2. The number of hydrogen-bond acceptors (Lipinski definition) is 2. The van der Waals surface area contributed by atoms with E-state index in [0.717, 1.165) is 12.1 Å². The van der Waals surface area contributed by atoms with Crippen LogP contribution in [0.25, 0.3) is 0 Å². The summed E-state index contributed by atoms with van der Waals surface area (Å²) in [5.41, 5.74) is 0.794. The molecule has 7 heteroatoms. The van der Waals surface area contributed by atoms with Gasteiger partial charge >= 0.3 is 5.97 Å². The minimum absolute atomic E-state index is 0.0337. The quantitative estimate of drug-likeness (QED) is 0.810. The zero-order valence-electron chi connectivity index (χ0n) is 11.0. The molecule has 0 aliphatic heterocycles. The molecule has 0 saturated carbocycles. The summed E-state index contributed by atoms with van der Waals surface area (Å²) in [7, 11) is 0. The van der Waals surface area contributed by atoms with Gasteiger partial charge in [0, 0.05) is 11.9 Å². The van der Waals surface area contributed by atoms with Crippen molar-refractivity contribution in [3.63, 3.8) is 0 Å². The summed E-state index contributed by atoms with van der Waals surface area (Å²) >= 11 is 0. The van der Waals surface area contributed by atoms with Gasteiger partial charge in [0.25, 0.3) is 0 Å². The fraction of sp³-hybridized carbons (Fsp3) is 0.143. The van der Waals surface area contributed by atoms with Crippen LogP contribution in [0.3, 0.4) is 0 Å². The van der Waals surface area contributed by atoms with Gasteiger partial charge in [-0.2, -0.15) is 0 Å². The molecule has 1 heterocycles. The summed E-state index contributed by atoms with van der Waals surface area (Å²) in [6.45, 7) is 1.56. The van der Waals surface area contributed by atoms with Crippen molar-refractivity contribution in [2.45, 2.75) is 13.3 Å². The van der Waals surface area contributed by atoms with Gasteiger partial charge in [0.15, 0.2) is 11.6 Å². The Labute approximate surface area is 118 Å². The first-order valence-corrected chi connectivity index (χ1v) is 6.03. The molecule has 1 aromatic carbocycles. The van der Waals surface area contributed by atoms with Crippen LogP contribution in [-0.2, 0) is 11.2 Å². The number of aromatic nitrogens is 1. The molecule has 110 valence electrons. The van der Waals surface area contributed by atoms with E-state index < -0.39 is 23.5 Å². The highest BCUT2D eigenvalue weighted by molar-refractivity contribution is 6.01. The molecule has 2 rings (SSSR count). The number of H-pyrrole nitrogens is 1. The van der Waals surface area contributed by atoms with Gasteiger partial charge < -0.3 is 15.4 Å². The zero-order chi connectivity index (χ0) is 15.6. The Balaban J connectivity index is 2.12. The van der Waals surface area contributed by atoms with E-state index in [1.807, 2.05) is 0 Å². The summed E-state index contributed by atoms with van der Waals surface area (Å²) in [5.74, 6) is -3.73. The second-order valence-corrected chi connectivity index (χ2v) is 4.48. The van der Waals surface area contributed by atoms with E-state index in [1.165, 1.54) is 12.3 Å². The SMILES string of the molecule is Cc1[nH]cc(NC(=O)Cc2ccc(F)c(F)c2)c1C(=O)O. The normalized spacial score (nSPS) is 10.4. The highest BCUT2D eigenvalue weighted by Crippen LogP contribution is 2.19. The molecule has 0 saturated heterocycles. The largest absolute Gasteiger partial charge is 0.478 e. The number of carbonyl (C=O) groups is 2. The van der Waals surface area contributed by atoms with Crippen LogP contribution >= 0.6 is 0 Å². The van der Waals surface area contributed by atoms with Crippen LogP contribution in [0.1, 0.15) is 21.6 Å². The number of aryl methyl sites for hydroxylation is 1. The lowest BCUT2D eigenvalue weighted by Gasteiger charge is -2.05. The van der Waals surface area contributed by atoms with Crippen LogP contribution in [0, 0.1) is 18.6 Å². The Morgan fingerprint density at radius 2 is 2.00 bits per heavy atom. The minimum Gasteiger partial charge on any atom is -0.478 e. The highest BCUT2D eigenvalue weighted by atomic mass is 19.2. The monoisotopic (exact) mass is 294 g/mol. The number of aromatic carboxylic acids is 1. The molecule has 3 N–H and O–H groups in total. The highest BCUT2D eigenvalue weighted by Gasteiger charge is 2.17. The molecule has 1 amide bonds. The van der Waals surface area contributed by atoms with Crippen LogP contribution in [-0.4, -0.2) is 22.0 Å². The lowest BCUT2D eigenvalue weighted by molar-refractivity contribution is -0.115. The van der Waals surface area contributed by atoms with E-state index in [2.05, 4.69) is 10.3 Å². The molecule has 2 aromatic rings. The maximum Gasteiger partial charge on any atom is 0.339 e. The third-order valence-corrected chi connectivity index (χ3v) is 2.91. The Morgan fingerprint density at radius 3 is 2.62 bits per heavy atom. The average Bonchev–Trinajstić information content (AvgIpc) is 2.75. The summed E-state index contributed by atoms with van der Waals surface area (Å²) < 4.78 is 25.8. The minimum atomic E-state index is -1.17. The van der Waals surface area contributed by atoms with Crippen LogP contribution in [0.4, 0.5) is 14.5 Å². The van der Waals surface area contributed by atoms with Crippen molar-refractivity contribution in [1.29, 1.82) is 0 Å². The molecule has 0 aliphatic rings. The van der Waals surface area contributed by atoms with Crippen molar-refractivity contribution < 1.29 is 23.5 Å². The van der Waals surface area contributed by atoms with Gasteiger partial charge in [-0.25, -0.2) is 13.6 Å². The van der Waals surface area contributed by atoms with Gasteiger partial charge in [-0.15, -0.1) is 0 Å². The number of benzene rings is 1. The van der Waals surface area contributed by atoms with E-state index in [9.17, 15) is 18.4 Å². The molecule has 0 atom stereocenters. The molecule has 0 fully saturated rings.